The first kappa shape index (κ1) is 16.6. The molecule has 1 aliphatic heterocycles. The number of furan rings is 1. The van der Waals surface area contributed by atoms with Gasteiger partial charge >= 0.3 is 0 Å². The Morgan fingerprint density at radius 1 is 1.00 bits per heavy atom. The van der Waals surface area contributed by atoms with E-state index in [-0.39, 0.29) is 5.91 Å². The fourth-order valence-corrected chi connectivity index (χ4v) is 4.38. The molecule has 2 heterocycles. The molecule has 1 aromatic carbocycles. The molecule has 0 unspecified atom stereocenters. The van der Waals surface area contributed by atoms with E-state index in [0.717, 1.165) is 49.6 Å². The Kier molecular flexibility index (Phi) is 4.80. The predicted molar refractivity (Wildman–Crippen MR) is 99.9 cm³/mol. The molecule has 0 atom stereocenters. The van der Waals surface area contributed by atoms with Gasteiger partial charge in [-0.2, -0.15) is 0 Å². The highest BCUT2D eigenvalue weighted by atomic mass is 16.3. The van der Waals surface area contributed by atoms with Crippen molar-refractivity contribution in [3.63, 3.8) is 0 Å². The van der Waals surface area contributed by atoms with E-state index >= 15 is 0 Å². The molecule has 1 saturated carbocycles. The topological polar surface area (TPSA) is 36.7 Å². The van der Waals surface area contributed by atoms with Crippen molar-refractivity contribution in [3.05, 3.63) is 35.6 Å². The van der Waals surface area contributed by atoms with Crippen LogP contribution in [0, 0.1) is 6.92 Å². The maximum atomic E-state index is 12.9. The molecule has 25 heavy (non-hydrogen) atoms. The van der Waals surface area contributed by atoms with E-state index in [9.17, 15) is 4.79 Å². The third-order valence-electron chi connectivity index (χ3n) is 5.79. The monoisotopic (exact) mass is 340 g/mol. The summed E-state index contributed by atoms with van der Waals surface area (Å²) in [4.78, 5) is 17.5. The van der Waals surface area contributed by atoms with Gasteiger partial charge in [-0.15, -0.1) is 0 Å². The van der Waals surface area contributed by atoms with E-state index in [0.29, 0.717) is 5.76 Å². The van der Waals surface area contributed by atoms with Gasteiger partial charge in [-0.3, -0.25) is 9.69 Å². The summed E-state index contributed by atoms with van der Waals surface area (Å²) in [5.41, 5.74) is 1.98. The fraction of sp³-hybridized carbons (Fsp3) is 0.571. The summed E-state index contributed by atoms with van der Waals surface area (Å²) in [6.45, 7) is 5.82. The summed E-state index contributed by atoms with van der Waals surface area (Å²) < 4.78 is 5.82. The van der Waals surface area contributed by atoms with Crippen molar-refractivity contribution in [2.75, 3.05) is 26.2 Å². The van der Waals surface area contributed by atoms with Gasteiger partial charge in [-0.05, 0) is 44.4 Å². The molecule has 0 radical (unpaired) electrons. The first-order chi connectivity index (χ1) is 12.2. The van der Waals surface area contributed by atoms with Gasteiger partial charge in [0.15, 0.2) is 5.76 Å². The molecule has 0 spiro atoms. The molecular formula is C21H28N2O2. The maximum Gasteiger partial charge on any atom is 0.289 e. The van der Waals surface area contributed by atoms with Gasteiger partial charge in [0.05, 0.1) is 0 Å². The number of hydrogen-bond donors (Lipinski definition) is 0. The second-order valence-electron chi connectivity index (χ2n) is 7.63. The maximum absolute atomic E-state index is 12.9. The Morgan fingerprint density at radius 3 is 2.68 bits per heavy atom. The molecule has 1 aliphatic carbocycles. The Bertz CT molecular complexity index is 745. The van der Waals surface area contributed by atoms with Gasteiger partial charge in [0.2, 0.25) is 0 Å². The molecule has 1 aromatic heterocycles. The molecule has 1 saturated heterocycles. The van der Waals surface area contributed by atoms with Gasteiger partial charge in [0, 0.05) is 37.6 Å². The summed E-state index contributed by atoms with van der Waals surface area (Å²) in [5, 5.41) is 1.02. The van der Waals surface area contributed by atoms with Gasteiger partial charge in [0.1, 0.15) is 5.58 Å². The lowest BCUT2D eigenvalue weighted by Gasteiger charge is -2.33. The highest BCUT2D eigenvalue weighted by Gasteiger charge is 2.26. The first-order valence-electron chi connectivity index (χ1n) is 9.74. The van der Waals surface area contributed by atoms with E-state index in [1.807, 2.05) is 23.1 Å². The zero-order valence-corrected chi connectivity index (χ0v) is 15.2. The lowest BCUT2D eigenvalue weighted by molar-refractivity contribution is 0.0725. The quantitative estimate of drug-likeness (QED) is 0.821. The molecule has 4 rings (SSSR count). The molecule has 4 heteroatoms. The standard InChI is InChI=1S/C21H28N2O2/c1-16-8-9-19-17(14-16)15-20(25-19)21(24)23-11-5-10-22(12-13-23)18-6-3-2-4-7-18/h8-9,14-15,18H,2-7,10-13H2,1H3. The van der Waals surface area contributed by atoms with Crippen molar-refractivity contribution in [3.8, 4) is 0 Å². The predicted octanol–water partition coefficient (Wildman–Crippen LogP) is 4.22. The Hall–Kier alpha value is -1.81. The number of hydrogen-bond acceptors (Lipinski definition) is 3. The minimum absolute atomic E-state index is 0.0411. The normalized spacial score (nSPS) is 20.8. The van der Waals surface area contributed by atoms with Crippen LogP contribution in [-0.4, -0.2) is 47.9 Å². The van der Waals surface area contributed by atoms with Crippen LogP contribution in [0.4, 0.5) is 0 Å². The van der Waals surface area contributed by atoms with Gasteiger partial charge < -0.3 is 9.32 Å². The van der Waals surface area contributed by atoms with Crippen molar-refractivity contribution < 1.29 is 9.21 Å². The van der Waals surface area contributed by atoms with Crippen LogP contribution in [0.1, 0.15) is 54.6 Å². The van der Waals surface area contributed by atoms with Crippen LogP contribution in [0.2, 0.25) is 0 Å². The summed E-state index contributed by atoms with van der Waals surface area (Å²) in [6.07, 6.45) is 7.83. The molecule has 134 valence electrons. The van der Waals surface area contributed by atoms with Gasteiger partial charge in [-0.1, -0.05) is 30.9 Å². The number of nitrogens with zero attached hydrogens (tertiary/aromatic N) is 2. The second-order valence-corrected chi connectivity index (χ2v) is 7.63. The summed E-state index contributed by atoms with van der Waals surface area (Å²) >= 11 is 0. The molecule has 0 N–H and O–H groups in total. The van der Waals surface area contributed by atoms with Gasteiger partial charge in [-0.25, -0.2) is 0 Å². The van der Waals surface area contributed by atoms with E-state index in [4.69, 9.17) is 4.42 Å². The van der Waals surface area contributed by atoms with Crippen LogP contribution in [0.5, 0.6) is 0 Å². The zero-order valence-electron chi connectivity index (χ0n) is 15.2. The largest absolute Gasteiger partial charge is 0.451 e. The molecule has 0 bridgehead atoms. The molecule has 2 fully saturated rings. The smallest absolute Gasteiger partial charge is 0.289 e. The SMILES string of the molecule is Cc1ccc2oc(C(=O)N3CCCN(C4CCCCC4)CC3)cc2c1. The third kappa shape index (κ3) is 3.59. The van der Waals surface area contributed by atoms with E-state index in [1.54, 1.807) is 0 Å². The lowest BCUT2D eigenvalue weighted by atomic mass is 9.94. The summed E-state index contributed by atoms with van der Waals surface area (Å²) in [5.74, 6) is 0.520. The van der Waals surface area contributed by atoms with Crippen LogP contribution < -0.4 is 0 Å². The number of amides is 1. The highest BCUT2D eigenvalue weighted by Crippen LogP contribution is 2.25. The average molecular weight is 340 g/mol. The lowest BCUT2D eigenvalue weighted by Crippen LogP contribution is -2.40. The number of carbonyl (C=O) groups is 1. The van der Waals surface area contributed by atoms with E-state index in [2.05, 4.69) is 17.9 Å². The van der Waals surface area contributed by atoms with Crippen LogP contribution in [0.15, 0.2) is 28.7 Å². The van der Waals surface area contributed by atoms with Crippen molar-refractivity contribution in [1.29, 1.82) is 0 Å². The average Bonchev–Trinajstić information content (AvgIpc) is 2.89. The van der Waals surface area contributed by atoms with Crippen molar-refractivity contribution in [2.24, 2.45) is 0 Å². The van der Waals surface area contributed by atoms with Crippen LogP contribution in [0.25, 0.3) is 11.0 Å². The Labute approximate surface area is 149 Å². The van der Waals surface area contributed by atoms with Crippen LogP contribution in [0.3, 0.4) is 0 Å². The first-order valence-corrected chi connectivity index (χ1v) is 9.74. The van der Waals surface area contributed by atoms with Crippen molar-refractivity contribution >= 4 is 16.9 Å². The number of aryl methyl sites for hydroxylation is 1. The second kappa shape index (κ2) is 7.20. The Morgan fingerprint density at radius 2 is 1.84 bits per heavy atom. The van der Waals surface area contributed by atoms with Crippen molar-refractivity contribution in [1.82, 2.24) is 9.80 Å². The number of carbonyl (C=O) groups excluding carboxylic acids is 1. The highest BCUT2D eigenvalue weighted by molar-refractivity contribution is 5.96. The number of fused-ring (bicyclic) bond motifs is 1. The minimum atomic E-state index is 0.0411. The minimum Gasteiger partial charge on any atom is -0.451 e. The molecular weight excluding hydrogens is 312 g/mol. The number of benzene rings is 1. The van der Waals surface area contributed by atoms with Crippen molar-refractivity contribution in [2.45, 2.75) is 51.5 Å². The molecule has 2 aromatic rings. The fourth-order valence-electron chi connectivity index (χ4n) is 4.38. The van der Waals surface area contributed by atoms with E-state index < -0.39 is 0 Å². The molecule has 4 nitrogen and oxygen atoms in total. The molecule has 2 aliphatic rings. The summed E-state index contributed by atoms with van der Waals surface area (Å²) in [7, 11) is 0. The number of rotatable bonds is 2. The van der Waals surface area contributed by atoms with E-state index in [1.165, 1.54) is 37.7 Å². The van der Waals surface area contributed by atoms with Crippen LogP contribution in [-0.2, 0) is 0 Å². The molecule has 1 amide bonds. The zero-order chi connectivity index (χ0) is 17.2. The van der Waals surface area contributed by atoms with Crippen LogP contribution >= 0.6 is 0 Å². The third-order valence-corrected chi connectivity index (χ3v) is 5.79. The Balaban J connectivity index is 1.44. The van der Waals surface area contributed by atoms with Gasteiger partial charge in [0.25, 0.3) is 5.91 Å². The summed E-state index contributed by atoms with van der Waals surface area (Å²) in [6, 6.07) is 8.68.